The number of carbonyl (C=O) groups is 2. The molecular weight excluding hydrogens is 385 g/mol. The predicted molar refractivity (Wildman–Crippen MR) is 109 cm³/mol. The number of carbonyl (C=O) groups excluding carboxylic acids is 1. The van der Waals surface area contributed by atoms with E-state index in [9.17, 15) is 14.0 Å². The zero-order valence-corrected chi connectivity index (χ0v) is 15.9. The highest BCUT2D eigenvalue weighted by Gasteiger charge is 2.31. The number of thioether (sulfide) groups is 1. The van der Waals surface area contributed by atoms with Gasteiger partial charge in [-0.05, 0) is 29.7 Å². The van der Waals surface area contributed by atoms with Crippen LogP contribution in [0.25, 0.3) is 17.2 Å². The Kier molecular flexibility index (Phi) is 6.03. The standard InChI is InChI=1S/C20H16FNO3S2/c21-16-9-4-3-8-15(16)14-7-2-1-6-13(14)12-17-19(25)22(20(26)27-17)11-5-10-18(23)24/h1-4,6-9,12H,5,10-11H2,(H,23,24)/b17-12-. The van der Waals surface area contributed by atoms with E-state index >= 15 is 0 Å². The first-order valence-electron chi connectivity index (χ1n) is 8.28. The highest BCUT2D eigenvalue weighted by atomic mass is 32.2. The van der Waals surface area contributed by atoms with Crippen LogP contribution in [0.15, 0.2) is 53.4 Å². The van der Waals surface area contributed by atoms with E-state index in [4.69, 9.17) is 17.3 Å². The first kappa shape index (κ1) is 19.3. The van der Waals surface area contributed by atoms with Crippen molar-refractivity contribution in [3.8, 4) is 11.1 Å². The number of aliphatic carboxylic acids is 1. The number of thiocarbonyl (C=S) groups is 1. The molecular formula is C20H16FNO3S2. The zero-order valence-electron chi connectivity index (χ0n) is 14.2. The van der Waals surface area contributed by atoms with Gasteiger partial charge in [-0.2, -0.15) is 0 Å². The quantitative estimate of drug-likeness (QED) is 0.568. The maximum absolute atomic E-state index is 14.2. The lowest BCUT2D eigenvalue weighted by Gasteiger charge is -2.13. The molecule has 1 heterocycles. The van der Waals surface area contributed by atoms with Crippen molar-refractivity contribution >= 4 is 46.3 Å². The molecule has 2 aromatic carbocycles. The van der Waals surface area contributed by atoms with Crippen molar-refractivity contribution in [3.63, 3.8) is 0 Å². The van der Waals surface area contributed by atoms with Crippen LogP contribution in [-0.2, 0) is 9.59 Å². The molecule has 0 aromatic heterocycles. The first-order valence-corrected chi connectivity index (χ1v) is 9.51. The van der Waals surface area contributed by atoms with E-state index in [1.165, 1.54) is 22.7 Å². The molecule has 1 aliphatic heterocycles. The molecule has 7 heteroatoms. The molecule has 0 unspecified atom stereocenters. The zero-order chi connectivity index (χ0) is 19.4. The normalized spacial score (nSPS) is 15.6. The number of benzene rings is 2. The van der Waals surface area contributed by atoms with Gasteiger partial charge in [0.25, 0.3) is 5.91 Å². The fraction of sp³-hybridized carbons (Fsp3) is 0.150. The van der Waals surface area contributed by atoms with Crippen molar-refractivity contribution in [2.75, 3.05) is 6.54 Å². The molecule has 1 N–H and O–H groups in total. The lowest BCUT2D eigenvalue weighted by atomic mass is 9.99. The number of hydrogen-bond acceptors (Lipinski definition) is 4. The number of amides is 1. The molecule has 4 nitrogen and oxygen atoms in total. The number of halogens is 1. The molecule has 3 rings (SSSR count). The van der Waals surface area contributed by atoms with Crippen LogP contribution in [0.5, 0.6) is 0 Å². The van der Waals surface area contributed by atoms with Crippen molar-refractivity contribution in [3.05, 3.63) is 64.8 Å². The van der Waals surface area contributed by atoms with Crippen molar-refractivity contribution in [1.82, 2.24) is 4.90 Å². The summed E-state index contributed by atoms with van der Waals surface area (Å²) in [5.74, 6) is -1.49. The molecule has 27 heavy (non-hydrogen) atoms. The molecule has 1 fully saturated rings. The summed E-state index contributed by atoms with van der Waals surface area (Å²) in [4.78, 5) is 25.2. The summed E-state index contributed by atoms with van der Waals surface area (Å²) >= 11 is 6.43. The molecule has 1 saturated heterocycles. The molecule has 0 bridgehead atoms. The molecule has 0 aliphatic carbocycles. The second kappa shape index (κ2) is 8.45. The minimum absolute atomic E-state index is 0.0216. The smallest absolute Gasteiger partial charge is 0.303 e. The van der Waals surface area contributed by atoms with Crippen LogP contribution in [0.2, 0.25) is 0 Å². The van der Waals surface area contributed by atoms with Gasteiger partial charge in [-0.15, -0.1) is 0 Å². The van der Waals surface area contributed by atoms with E-state index in [1.807, 2.05) is 18.2 Å². The number of carboxylic acid groups (broad SMARTS) is 1. The van der Waals surface area contributed by atoms with Crippen LogP contribution >= 0.6 is 24.0 Å². The molecule has 2 aromatic rings. The van der Waals surface area contributed by atoms with Crippen LogP contribution in [0.1, 0.15) is 18.4 Å². The van der Waals surface area contributed by atoms with Gasteiger partial charge in [0.05, 0.1) is 4.91 Å². The number of hydrogen-bond donors (Lipinski definition) is 1. The lowest BCUT2D eigenvalue weighted by Crippen LogP contribution is -2.29. The molecule has 0 radical (unpaired) electrons. The molecule has 0 atom stereocenters. The van der Waals surface area contributed by atoms with E-state index in [-0.39, 0.29) is 24.7 Å². The minimum atomic E-state index is -0.908. The molecule has 1 aliphatic rings. The van der Waals surface area contributed by atoms with Gasteiger partial charge >= 0.3 is 5.97 Å². The van der Waals surface area contributed by atoms with Crippen molar-refractivity contribution < 1.29 is 19.1 Å². The number of nitrogens with zero attached hydrogens (tertiary/aromatic N) is 1. The molecule has 0 saturated carbocycles. The van der Waals surface area contributed by atoms with Crippen molar-refractivity contribution in [1.29, 1.82) is 0 Å². The van der Waals surface area contributed by atoms with Crippen LogP contribution < -0.4 is 0 Å². The summed E-state index contributed by atoms with van der Waals surface area (Å²) in [6, 6.07) is 13.7. The van der Waals surface area contributed by atoms with Gasteiger partial charge < -0.3 is 5.11 Å². The Balaban J connectivity index is 1.88. The second-order valence-electron chi connectivity index (χ2n) is 5.90. The van der Waals surface area contributed by atoms with Gasteiger partial charge in [0, 0.05) is 18.5 Å². The number of carboxylic acids is 1. The Morgan fingerprint density at radius 2 is 1.81 bits per heavy atom. The Hall–Kier alpha value is -2.51. The van der Waals surface area contributed by atoms with Crippen molar-refractivity contribution in [2.45, 2.75) is 12.8 Å². The van der Waals surface area contributed by atoms with Gasteiger partial charge in [0.2, 0.25) is 0 Å². The Morgan fingerprint density at radius 3 is 2.52 bits per heavy atom. The van der Waals surface area contributed by atoms with Gasteiger partial charge in [-0.1, -0.05) is 66.4 Å². The summed E-state index contributed by atoms with van der Waals surface area (Å²) in [6.07, 6.45) is 2.02. The van der Waals surface area contributed by atoms with Crippen LogP contribution in [0.4, 0.5) is 4.39 Å². The fourth-order valence-electron chi connectivity index (χ4n) is 2.77. The second-order valence-corrected chi connectivity index (χ2v) is 7.57. The summed E-state index contributed by atoms with van der Waals surface area (Å²) in [5.41, 5.74) is 1.86. The fourth-order valence-corrected chi connectivity index (χ4v) is 4.07. The molecule has 0 spiro atoms. The lowest BCUT2D eigenvalue weighted by molar-refractivity contribution is -0.137. The Bertz CT molecular complexity index is 942. The summed E-state index contributed by atoms with van der Waals surface area (Å²) in [5, 5.41) is 8.74. The predicted octanol–water partition coefficient (Wildman–Crippen LogP) is 4.56. The third-order valence-corrected chi connectivity index (χ3v) is 5.44. The Labute approximate surface area is 165 Å². The monoisotopic (exact) mass is 401 g/mol. The SMILES string of the molecule is O=C(O)CCCN1C(=O)/C(=C/c2ccccc2-c2ccccc2F)SC1=S. The average Bonchev–Trinajstić information content (AvgIpc) is 2.90. The minimum Gasteiger partial charge on any atom is -0.481 e. The van der Waals surface area contributed by atoms with E-state index in [0.717, 1.165) is 0 Å². The largest absolute Gasteiger partial charge is 0.481 e. The van der Waals surface area contributed by atoms with E-state index in [2.05, 4.69) is 0 Å². The van der Waals surface area contributed by atoms with E-state index < -0.39 is 5.97 Å². The van der Waals surface area contributed by atoms with Crippen LogP contribution in [0, 0.1) is 5.82 Å². The van der Waals surface area contributed by atoms with Gasteiger partial charge in [-0.3, -0.25) is 14.5 Å². The van der Waals surface area contributed by atoms with E-state index in [0.29, 0.717) is 32.3 Å². The van der Waals surface area contributed by atoms with Gasteiger partial charge in [-0.25, -0.2) is 4.39 Å². The maximum atomic E-state index is 14.2. The highest BCUT2D eigenvalue weighted by molar-refractivity contribution is 8.26. The summed E-state index contributed by atoms with van der Waals surface area (Å²) in [7, 11) is 0. The van der Waals surface area contributed by atoms with Crippen LogP contribution in [0.3, 0.4) is 0 Å². The number of rotatable bonds is 6. The van der Waals surface area contributed by atoms with Gasteiger partial charge in [0.1, 0.15) is 10.1 Å². The topological polar surface area (TPSA) is 57.6 Å². The summed E-state index contributed by atoms with van der Waals surface area (Å²) in [6.45, 7) is 0.267. The van der Waals surface area contributed by atoms with Crippen LogP contribution in [-0.4, -0.2) is 32.7 Å². The highest BCUT2D eigenvalue weighted by Crippen LogP contribution is 2.35. The first-order chi connectivity index (χ1) is 13.0. The molecule has 138 valence electrons. The summed E-state index contributed by atoms with van der Waals surface area (Å²) < 4.78 is 14.6. The third-order valence-electron chi connectivity index (χ3n) is 4.06. The molecule has 1 amide bonds. The Morgan fingerprint density at radius 1 is 1.15 bits per heavy atom. The third kappa shape index (κ3) is 4.43. The average molecular weight is 401 g/mol. The van der Waals surface area contributed by atoms with Crippen molar-refractivity contribution in [2.24, 2.45) is 0 Å². The maximum Gasteiger partial charge on any atom is 0.303 e. The van der Waals surface area contributed by atoms with Gasteiger partial charge in [0.15, 0.2) is 0 Å². The van der Waals surface area contributed by atoms with E-state index in [1.54, 1.807) is 30.3 Å².